The third-order valence-electron chi connectivity index (χ3n) is 6.30. The predicted octanol–water partition coefficient (Wildman–Crippen LogP) is 7.18. The fourth-order valence-electron chi connectivity index (χ4n) is 4.41. The highest BCUT2D eigenvalue weighted by molar-refractivity contribution is 6.29. The molecule has 2 aromatic heterocycles. The zero-order valence-electron chi connectivity index (χ0n) is 21.2. The van der Waals surface area contributed by atoms with Crippen LogP contribution in [0, 0.1) is 6.92 Å². The number of carbonyl (C=O) groups excluding carboxylic acids is 1. The Morgan fingerprint density at radius 2 is 1.80 bits per heavy atom. The smallest absolute Gasteiger partial charge is 0.416 e. The van der Waals surface area contributed by atoms with Crippen LogP contribution in [0.1, 0.15) is 21.5 Å². The van der Waals surface area contributed by atoms with E-state index in [1.54, 1.807) is 42.7 Å². The first kappa shape index (κ1) is 26.9. The number of methoxy groups -OCH3 is 1. The van der Waals surface area contributed by atoms with Crippen molar-refractivity contribution in [1.82, 2.24) is 15.0 Å². The summed E-state index contributed by atoms with van der Waals surface area (Å²) >= 11 is 6.02. The van der Waals surface area contributed by atoms with Crippen molar-refractivity contribution in [3.05, 3.63) is 94.9 Å². The number of aromatic nitrogens is 3. The van der Waals surface area contributed by atoms with E-state index in [1.165, 1.54) is 19.2 Å². The molecule has 0 aliphatic carbocycles. The molecule has 0 bridgehead atoms. The van der Waals surface area contributed by atoms with Crippen LogP contribution < -0.4 is 15.8 Å². The number of alkyl halides is 3. The number of hydrogen-bond acceptors (Lipinski definition) is 6. The summed E-state index contributed by atoms with van der Waals surface area (Å²) in [7, 11) is 1.52. The quantitative estimate of drug-likeness (QED) is 0.219. The number of aryl methyl sites for hydroxylation is 1. The molecule has 1 amide bonds. The monoisotopic (exact) mass is 563 g/mol. The number of amides is 1. The number of nitrogen functional groups attached to an aromatic ring is 1. The summed E-state index contributed by atoms with van der Waals surface area (Å²) in [5, 5.41) is 3.52. The van der Waals surface area contributed by atoms with E-state index in [4.69, 9.17) is 22.1 Å². The van der Waals surface area contributed by atoms with Crippen LogP contribution in [0.2, 0.25) is 5.15 Å². The maximum absolute atomic E-state index is 13.1. The minimum Gasteiger partial charge on any atom is -0.495 e. The molecule has 0 aliphatic rings. The van der Waals surface area contributed by atoms with Gasteiger partial charge in [-0.2, -0.15) is 13.2 Å². The molecule has 0 fully saturated rings. The number of pyridine rings is 1. The Bertz CT molecular complexity index is 1760. The number of rotatable bonds is 5. The van der Waals surface area contributed by atoms with Gasteiger partial charge in [0.25, 0.3) is 5.91 Å². The van der Waals surface area contributed by atoms with Gasteiger partial charge in [-0.15, -0.1) is 0 Å². The minimum atomic E-state index is -4.53. The summed E-state index contributed by atoms with van der Waals surface area (Å²) < 4.78 is 45.3. The molecule has 0 saturated carbocycles. The molecule has 2 heterocycles. The molecule has 0 aliphatic heterocycles. The second-order valence-electron chi connectivity index (χ2n) is 8.93. The Morgan fingerprint density at radius 3 is 2.50 bits per heavy atom. The minimum absolute atomic E-state index is 0.0255. The number of hydrogen-bond donors (Lipinski definition) is 2. The van der Waals surface area contributed by atoms with Gasteiger partial charge in [0.2, 0.25) is 5.95 Å². The molecule has 0 unspecified atom stereocenters. The van der Waals surface area contributed by atoms with Crippen molar-refractivity contribution in [3.8, 4) is 28.0 Å². The molecule has 0 spiro atoms. The van der Waals surface area contributed by atoms with Gasteiger partial charge >= 0.3 is 6.18 Å². The number of nitrogens with two attached hydrogens (primary N) is 1. The average Bonchev–Trinajstić information content (AvgIpc) is 2.92. The molecule has 5 aromatic rings. The summed E-state index contributed by atoms with van der Waals surface area (Å²) in [5.41, 5.74) is 9.24. The first-order valence-corrected chi connectivity index (χ1v) is 12.3. The van der Waals surface area contributed by atoms with Crippen LogP contribution in [-0.4, -0.2) is 28.0 Å². The lowest BCUT2D eigenvalue weighted by Crippen LogP contribution is -2.13. The van der Waals surface area contributed by atoms with Gasteiger partial charge in [0.05, 0.1) is 23.8 Å². The molecular weight excluding hydrogens is 543 g/mol. The molecule has 5 rings (SSSR count). The fourth-order valence-corrected chi connectivity index (χ4v) is 4.52. The first-order valence-electron chi connectivity index (χ1n) is 11.9. The van der Waals surface area contributed by atoms with Crippen LogP contribution in [0.15, 0.2) is 73.1 Å². The van der Waals surface area contributed by atoms with Crippen LogP contribution in [0.4, 0.5) is 24.8 Å². The standard InChI is InChI=1S/C29H21ClF3N5O2/c1-15-6-7-16(27(39)37-20-5-3-4-19(12-20)29(31,32)33)10-21(15)22-11-18-14-36-28(34)38-25(18)24(26(22)40-2)17-8-9-23(30)35-13-17/h3-14H,1-2H3,(H,37,39)(H2,34,36,38). The van der Waals surface area contributed by atoms with Crippen LogP contribution in [-0.2, 0) is 6.18 Å². The molecule has 0 saturated heterocycles. The SMILES string of the molecule is COc1c(-c2cc(C(=O)Nc3cccc(C(F)(F)F)c3)ccc2C)cc2cnc(N)nc2c1-c1ccc(Cl)nc1. The topological polar surface area (TPSA) is 103 Å². The van der Waals surface area contributed by atoms with Crippen LogP contribution >= 0.6 is 11.6 Å². The van der Waals surface area contributed by atoms with Crippen LogP contribution in [0.5, 0.6) is 5.75 Å². The number of benzene rings is 3. The van der Waals surface area contributed by atoms with Gasteiger partial charge < -0.3 is 15.8 Å². The van der Waals surface area contributed by atoms with Crippen molar-refractivity contribution in [2.75, 3.05) is 18.2 Å². The van der Waals surface area contributed by atoms with Gasteiger partial charge in [0, 0.05) is 40.2 Å². The summed E-state index contributed by atoms with van der Waals surface area (Å²) in [6.45, 7) is 1.87. The molecule has 7 nitrogen and oxygen atoms in total. The Balaban J connectivity index is 1.64. The molecule has 40 heavy (non-hydrogen) atoms. The lowest BCUT2D eigenvalue weighted by molar-refractivity contribution is -0.137. The van der Waals surface area contributed by atoms with Crippen molar-refractivity contribution in [1.29, 1.82) is 0 Å². The van der Waals surface area contributed by atoms with Crippen molar-refractivity contribution < 1.29 is 22.7 Å². The summed E-state index contributed by atoms with van der Waals surface area (Å²) in [6, 6.07) is 14.7. The van der Waals surface area contributed by atoms with E-state index in [0.717, 1.165) is 17.7 Å². The molecule has 3 N–H and O–H groups in total. The summed E-state index contributed by atoms with van der Waals surface area (Å²) in [4.78, 5) is 25.9. The number of fused-ring (bicyclic) bond motifs is 1. The van der Waals surface area contributed by atoms with Crippen molar-refractivity contribution in [2.45, 2.75) is 13.1 Å². The molecular formula is C29H21ClF3N5O2. The van der Waals surface area contributed by atoms with Crippen molar-refractivity contribution >= 4 is 40.0 Å². The molecule has 0 radical (unpaired) electrons. The maximum Gasteiger partial charge on any atom is 0.416 e. The lowest BCUT2D eigenvalue weighted by atomic mass is 9.91. The second-order valence-corrected chi connectivity index (χ2v) is 9.32. The third-order valence-corrected chi connectivity index (χ3v) is 6.53. The number of ether oxygens (including phenoxy) is 1. The predicted molar refractivity (Wildman–Crippen MR) is 148 cm³/mol. The maximum atomic E-state index is 13.1. The van der Waals surface area contributed by atoms with E-state index in [9.17, 15) is 18.0 Å². The van der Waals surface area contributed by atoms with E-state index >= 15 is 0 Å². The van der Waals surface area contributed by atoms with E-state index in [0.29, 0.717) is 44.1 Å². The summed E-state index contributed by atoms with van der Waals surface area (Å²) in [6.07, 6.45) is -1.35. The van der Waals surface area contributed by atoms with E-state index < -0.39 is 17.6 Å². The highest BCUT2D eigenvalue weighted by Crippen LogP contribution is 2.44. The van der Waals surface area contributed by atoms with Gasteiger partial charge in [0.1, 0.15) is 10.9 Å². The number of nitrogens with zero attached hydrogens (tertiary/aromatic N) is 3. The third kappa shape index (κ3) is 5.26. The van der Waals surface area contributed by atoms with Crippen LogP contribution in [0.3, 0.4) is 0 Å². The number of nitrogens with one attached hydrogen (secondary N) is 1. The molecule has 0 atom stereocenters. The van der Waals surface area contributed by atoms with E-state index in [2.05, 4.69) is 20.3 Å². The Labute approximate surface area is 231 Å². The number of halogens is 4. The van der Waals surface area contributed by atoms with Gasteiger partial charge in [-0.1, -0.05) is 23.7 Å². The number of anilines is 2. The molecule has 3 aromatic carbocycles. The first-order chi connectivity index (χ1) is 19.0. The van der Waals surface area contributed by atoms with Gasteiger partial charge in [-0.25, -0.2) is 15.0 Å². The second kappa shape index (κ2) is 10.5. The largest absolute Gasteiger partial charge is 0.495 e. The zero-order valence-corrected chi connectivity index (χ0v) is 21.9. The van der Waals surface area contributed by atoms with Crippen LogP contribution in [0.25, 0.3) is 33.2 Å². The fraction of sp³-hybridized carbons (Fsp3) is 0.103. The average molecular weight is 564 g/mol. The van der Waals surface area contributed by atoms with E-state index in [1.807, 2.05) is 13.0 Å². The molecule has 11 heteroatoms. The van der Waals surface area contributed by atoms with Gasteiger partial charge in [-0.05, 0) is 66.6 Å². The highest BCUT2D eigenvalue weighted by Gasteiger charge is 2.30. The normalized spacial score (nSPS) is 11.4. The zero-order chi connectivity index (χ0) is 28.6. The Morgan fingerprint density at radius 1 is 1.00 bits per heavy atom. The van der Waals surface area contributed by atoms with E-state index in [-0.39, 0.29) is 17.2 Å². The summed E-state index contributed by atoms with van der Waals surface area (Å²) in [5.74, 6) is -0.0401. The highest BCUT2D eigenvalue weighted by atomic mass is 35.5. The lowest BCUT2D eigenvalue weighted by Gasteiger charge is -2.18. The Kier molecular flexibility index (Phi) is 7.03. The molecule has 202 valence electrons. The number of carbonyl (C=O) groups is 1. The van der Waals surface area contributed by atoms with Gasteiger partial charge in [-0.3, -0.25) is 4.79 Å². The Hall–Kier alpha value is -4.70. The van der Waals surface area contributed by atoms with Crippen molar-refractivity contribution in [3.63, 3.8) is 0 Å². The van der Waals surface area contributed by atoms with Gasteiger partial charge in [0.15, 0.2) is 0 Å². The van der Waals surface area contributed by atoms with Crippen molar-refractivity contribution in [2.24, 2.45) is 0 Å².